The van der Waals surface area contributed by atoms with E-state index in [2.05, 4.69) is 5.32 Å². The zero-order chi connectivity index (χ0) is 11.8. The van der Waals surface area contributed by atoms with E-state index in [9.17, 15) is 13.9 Å². The van der Waals surface area contributed by atoms with Crippen molar-refractivity contribution in [3.8, 4) is 0 Å². The monoisotopic (exact) mass is 247 g/mol. The lowest BCUT2D eigenvalue weighted by Crippen LogP contribution is -2.34. The van der Waals surface area contributed by atoms with Crippen molar-refractivity contribution >= 4 is 11.6 Å². The quantitative estimate of drug-likeness (QED) is 0.783. The van der Waals surface area contributed by atoms with E-state index in [1.165, 1.54) is 0 Å². The molecule has 1 aromatic rings. The summed E-state index contributed by atoms with van der Waals surface area (Å²) in [6.07, 6.45) is 0.543. The van der Waals surface area contributed by atoms with Crippen LogP contribution in [0.2, 0.25) is 5.02 Å². The highest BCUT2D eigenvalue weighted by molar-refractivity contribution is 6.31. The van der Waals surface area contributed by atoms with Crippen LogP contribution in [0.25, 0.3) is 0 Å². The van der Waals surface area contributed by atoms with E-state index >= 15 is 0 Å². The van der Waals surface area contributed by atoms with Gasteiger partial charge in [-0.05, 0) is 25.1 Å². The predicted molar refractivity (Wildman–Crippen MR) is 57.5 cm³/mol. The maximum absolute atomic E-state index is 13.5. The number of aliphatic hydroxyl groups is 1. The molecule has 0 spiro atoms. The molecule has 1 aliphatic rings. The number of nitrogens with one attached hydrogen (secondary N) is 1. The molecule has 0 aliphatic carbocycles. The lowest BCUT2D eigenvalue weighted by molar-refractivity contribution is 0.0609. The smallest absolute Gasteiger partial charge is 0.142 e. The number of hydrogen-bond donors (Lipinski definition) is 2. The van der Waals surface area contributed by atoms with Crippen LogP contribution in [0.5, 0.6) is 0 Å². The molecular formula is C11H12ClF2NO. The van der Waals surface area contributed by atoms with Gasteiger partial charge in [0.05, 0.1) is 10.6 Å². The third kappa shape index (κ3) is 2.19. The van der Waals surface area contributed by atoms with Crippen LogP contribution in [0.3, 0.4) is 0 Å². The molecule has 2 rings (SSSR count). The molecule has 0 aromatic heterocycles. The zero-order valence-corrected chi connectivity index (χ0v) is 9.32. The minimum Gasteiger partial charge on any atom is -0.388 e. The van der Waals surface area contributed by atoms with E-state index in [1.54, 1.807) is 0 Å². The molecular weight excluding hydrogens is 236 g/mol. The van der Waals surface area contributed by atoms with E-state index < -0.39 is 17.2 Å². The Hall–Kier alpha value is -0.710. The summed E-state index contributed by atoms with van der Waals surface area (Å²) in [5.74, 6) is -1.24. The fourth-order valence-electron chi connectivity index (χ4n) is 1.94. The van der Waals surface area contributed by atoms with Crippen LogP contribution >= 0.6 is 11.6 Å². The summed E-state index contributed by atoms with van der Waals surface area (Å²) in [6.45, 7) is 1.05. The number of β-amino-alcohol motifs (C(OH)–C–C–N with tert-alkyl or cyclic N) is 1. The molecule has 1 atom stereocenters. The SMILES string of the molecule is OC1(Cc2c(F)ccc(F)c2Cl)CCNC1. The fraction of sp³-hybridized carbons (Fsp3) is 0.455. The van der Waals surface area contributed by atoms with Crippen molar-refractivity contribution in [1.29, 1.82) is 0 Å². The van der Waals surface area contributed by atoms with Crippen LogP contribution in [0.4, 0.5) is 8.78 Å². The molecule has 1 saturated heterocycles. The van der Waals surface area contributed by atoms with E-state index in [-0.39, 0.29) is 17.0 Å². The van der Waals surface area contributed by atoms with Gasteiger partial charge in [-0.25, -0.2) is 8.78 Å². The van der Waals surface area contributed by atoms with Gasteiger partial charge in [0.1, 0.15) is 11.6 Å². The highest BCUT2D eigenvalue weighted by atomic mass is 35.5. The van der Waals surface area contributed by atoms with Gasteiger partial charge >= 0.3 is 0 Å². The first-order chi connectivity index (χ1) is 7.52. The first kappa shape index (κ1) is 11.8. The third-order valence-electron chi connectivity index (χ3n) is 2.87. The van der Waals surface area contributed by atoms with Gasteiger partial charge in [0.15, 0.2) is 0 Å². The van der Waals surface area contributed by atoms with Gasteiger partial charge in [0, 0.05) is 18.5 Å². The van der Waals surface area contributed by atoms with E-state index in [0.29, 0.717) is 19.5 Å². The molecule has 1 heterocycles. The maximum Gasteiger partial charge on any atom is 0.142 e. The predicted octanol–water partition coefficient (Wildman–Crippen LogP) is 1.89. The largest absolute Gasteiger partial charge is 0.388 e. The summed E-state index contributed by atoms with van der Waals surface area (Å²) >= 11 is 5.69. The van der Waals surface area contributed by atoms with Crippen LogP contribution in [0, 0.1) is 11.6 Å². The lowest BCUT2D eigenvalue weighted by atomic mass is 9.93. The molecule has 0 radical (unpaired) electrons. The molecule has 88 valence electrons. The molecule has 1 unspecified atom stereocenters. The van der Waals surface area contributed by atoms with Crippen molar-refractivity contribution in [1.82, 2.24) is 5.32 Å². The summed E-state index contributed by atoms with van der Waals surface area (Å²) in [4.78, 5) is 0. The number of hydrogen-bond acceptors (Lipinski definition) is 2. The van der Waals surface area contributed by atoms with Crippen molar-refractivity contribution in [2.24, 2.45) is 0 Å². The Labute approximate surface area is 97.2 Å². The molecule has 1 fully saturated rings. The van der Waals surface area contributed by atoms with Crippen LogP contribution in [0.15, 0.2) is 12.1 Å². The molecule has 1 aromatic carbocycles. The van der Waals surface area contributed by atoms with Crippen molar-refractivity contribution in [2.75, 3.05) is 13.1 Å². The molecule has 2 N–H and O–H groups in total. The second-order valence-corrected chi connectivity index (χ2v) is 4.53. The third-order valence-corrected chi connectivity index (χ3v) is 3.27. The fourth-order valence-corrected chi connectivity index (χ4v) is 2.16. The molecule has 0 bridgehead atoms. The summed E-state index contributed by atoms with van der Waals surface area (Å²) in [6, 6.07) is 2.01. The first-order valence-electron chi connectivity index (χ1n) is 5.07. The topological polar surface area (TPSA) is 32.3 Å². The Bertz CT molecular complexity index is 405. The van der Waals surface area contributed by atoms with Gasteiger partial charge in [0.25, 0.3) is 0 Å². The van der Waals surface area contributed by atoms with Gasteiger partial charge in [-0.15, -0.1) is 0 Å². The van der Waals surface area contributed by atoms with Crippen molar-refractivity contribution in [3.63, 3.8) is 0 Å². The number of halogens is 3. The second-order valence-electron chi connectivity index (χ2n) is 4.15. The Morgan fingerprint density at radius 3 is 2.69 bits per heavy atom. The summed E-state index contributed by atoms with van der Waals surface area (Å²) in [5, 5.41) is 12.8. The molecule has 0 amide bonds. The standard InChI is InChI=1S/C11H12ClF2NO/c12-10-7(8(13)1-2-9(10)14)5-11(16)3-4-15-6-11/h1-2,15-16H,3-6H2. The molecule has 16 heavy (non-hydrogen) atoms. The maximum atomic E-state index is 13.5. The zero-order valence-electron chi connectivity index (χ0n) is 8.56. The molecule has 5 heteroatoms. The Morgan fingerprint density at radius 2 is 2.06 bits per heavy atom. The van der Waals surface area contributed by atoms with Crippen LogP contribution < -0.4 is 5.32 Å². The van der Waals surface area contributed by atoms with Gasteiger partial charge < -0.3 is 10.4 Å². The average Bonchev–Trinajstić information content (AvgIpc) is 2.66. The highest BCUT2D eigenvalue weighted by Gasteiger charge is 2.33. The molecule has 0 saturated carbocycles. The van der Waals surface area contributed by atoms with Crippen molar-refractivity contribution < 1.29 is 13.9 Å². The van der Waals surface area contributed by atoms with Gasteiger partial charge in [0.2, 0.25) is 0 Å². The van der Waals surface area contributed by atoms with E-state index in [4.69, 9.17) is 11.6 Å². The van der Waals surface area contributed by atoms with Crippen LogP contribution in [-0.2, 0) is 6.42 Å². The van der Waals surface area contributed by atoms with Gasteiger partial charge in [-0.1, -0.05) is 11.6 Å². The first-order valence-corrected chi connectivity index (χ1v) is 5.45. The van der Waals surface area contributed by atoms with Crippen molar-refractivity contribution in [2.45, 2.75) is 18.4 Å². The van der Waals surface area contributed by atoms with Crippen molar-refractivity contribution in [3.05, 3.63) is 34.4 Å². The summed E-state index contributed by atoms with van der Waals surface area (Å²) in [7, 11) is 0. The summed E-state index contributed by atoms with van der Waals surface area (Å²) in [5.41, 5.74) is -0.981. The normalized spacial score (nSPS) is 25.0. The second kappa shape index (κ2) is 4.28. The van der Waals surface area contributed by atoms with E-state index in [0.717, 1.165) is 12.1 Å². The number of rotatable bonds is 2. The van der Waals surface area contributed by atoms with Crippen LogP contribution in [-0.4, -0.2) is 23.8 Å². The minimum absolute atomic E-state index is 0.0302. The minimum atomic E-state index is -1.03. The van der Waals surface area contributed by atoms with Gasteiger partial charge in [-0.3, -0.25) is 0 Å². The molecule has 1 aliphatic heterocycles. The highest BCUT2D eigenvalue weighted by Crippen LogP contribution is 2.29. The van der Waals surface area contributed by atoms with E-state index in [1.807, 2.05) is 0 Å². The lowest BCUT2D eigenvalue weighted by Gasteiger charge is -2.22. The van der Waals surface area contributed by atoms with Crippen LogP contribution in [0.1, 0.15) is 12.0 Å². The number of benzene rings is 1. The summed E-state index contributed by atoms with van der Waals surface area (Å²) < 4.78 is 26.6. The Kier molecular flexibility index (Phi) is 3.15. The Balaban J connectivity index is 2.30. The Morgan fingerprint density at radius 1 is 1.38 bits per heavy atom. The molecule has 2 nitrogen and oxygen atoms in total. The van der Waals surface area contributed by atoms with Gasteiger partial charge in [-0.2, -0.15) is 0 Å². The average molecular weight is 248 g/mol.